The van der Waals surface area contributed by atoms with Crippen LogP contribution in [0.5, 0.6) is 11.5 Å². The van der Waals surface area contributed by atoms with Gasteiger partial charge in [0.15, 0.2) is 5.96 Å². The quantitative estimate of drug-likeness (QED) is 0.564. The third-order valence-corrected chi connectivity index (χ3v) is 2.85. The Morgan fingerprint density at radius 3 is 2.61 bits per heavy atom. The topological polar surface area (TPSA) is 88.7 Å². The number of nitrogens with zero attached hydrogens (tertiary/aromatic N) is 1. The Morgan fingerprint density at radius 1 is 1.13 bits per heavy atom. The summed E-state index contributed by atoms with van der Waals surface area (Å²) in [6.45, 7) is 2.41. The molecular formula is C17H20N4O2. The van der Waals surface area contributed by atoms with E-state index in [1.807, 2.05) is 61.5 Å². The van der Waals surface area contributed by atoms with Gasteiger partial charge in [0, 0.05) is 18.3 Å². The number of nitrogens with one attached hydrogen (secondary N) is 2. The number of anilines is 1. The number of guanidine groups is 1. The van der Waals surface area contributed by atoms with Crippen molar-refractivity contribution in [2.24, 2.45) is 10.7 Å². The van der Waals surface area contributed by atoms with Gasteiger partial charge in [0.05, 0.1) is 0 Å². The van der Waals surface area contributed by atoms with Crippen LogP contribution in [0.3, 0.4) is 0 Å². The predicted molar refractivity (Wildman–Crippen MR) is 91.8 cm³/mol. The smallest absolute Gasteiger partial charge is 0.241 e. The van der Waals surface area contributed by atoms with Crippen molar-refractivity contribution in [3.05, 3.63) is 54.6 Å². The highest BCUT2D eigenvalue weighted by molar-refractivity contribution is 5.94. The van der Waals surface area contributed by atoms with Gasteiger partial charge >= 0.3 is 0 Å². The lowest BCUT2D eigenvalue weighted by molar-refractivity contribution is -0.119. The van der Waals surface area contributed by atoms with Gasteiger partial charge in [-0.05, 0) is 31.2 Å². The fourth-order valence-corrected chi connectivity index (χ4v) is 1.86. The lowest BCUT2D eigenvalue weighted by atomic mass is 10.3. The van der Waals surface area contributed by atoms with Crippen LogP contribution in [0.15, 0.2) is 59.6 Å². The van der Waals surface area contributed by atoms with Gasteiger partial charge in [0.25, 0.3) is 0 Å². The Labute approximate surface area is 135 Å². The molecule has 0 radical (unpaired) electrons. The number of carbonyl (C=O) groups is 1. The maximum atomic E-state index is 11.3. The number of hydrogen-bond donors (Lipinski definition) is 3. The third-order valence-electron chi connectivity index (χ3n) is 2.85. The molecule has 2 rings (SSSR count). The molecule has 2 aromatic carbocycles. The highest BCUT2D eigenvalue weighted by Crippen LogP contribution is 2.23. The maximum Gasteiger partial charge on any atom is 0.241 e. The summed E-state index contributed by atoms with van der Waals surface area (Å²) in [7, 11) is 0. The first-order valence-corrected chi connectivity index (χ1v) is 7.34. The SMILES string of the molecule is CCNC(=O)CN=C(N)Nc1cccc(Oc2ccccc2)c1. The van der Waals surface area contributed by atoms with Crippen LogP contribution >= 0.6 is 0 Å². The number of rotatable bonds is 6. The van der Waals surface area contributed by atoms with E-state index in [-0.39, 0.29) is 18.4 Å². The summed E-state index contributed by atoms with van der Waals surface area (Å²) in [5.74, 6) is 1.44. The summed E-state index contributed by atoms with van der Waals surface area (Å²) < 4.78 is 5.75. The van der Waals surface area contributed by atoms with Crippen molar-refractivity contribution in [2.75, 3.05) is 18.4 Å². The zero-order valence-electron chi connectivity index (χ0n) is 13.0. The number of ether oxygens (including phenoxy) is 1. The summed E-state index contributed by atoms with van der Waals surface area (Å²) in [6, 6.07) is 16.8. The molecule has 4 N–H and O–H groups in total. The number of aliphatic imine (C=N–C) groups is 1. The average molecular weight is 312 g/mol. The largest absolute Gasteiger partial charge is 0.457 e. The second-order valence-electron chi connectivity index (χ2n) is 4.72. The minimum atomic E-state index is -0.168. The van der Waals surface area contributed by atoms with E-state index in [9.17, 15) is 4.79 Å². The second-order valence-corrected chi connectivity index (χ2v) is 4.72. The van der Waals surface area contributed by atoms with E-state index >= 15 is 0 Å². The molecule has 0 aromatic heterocycles. The molecule has 6 heteroatoms. The summed E-state index contributed by atoms with van der Waals surface area (Å²) in [5, 5.41) is 5.59. The zero-order chi connectivity index (χ0) is 16.5. The van der Waals surface area contributed by atoms with Crippen molar-refractivity contribution in [3.8, 4) is 11.5 Å². The summed E-state index contributed by atoms with van der Waals surface area (Å²) in [6.07, 6.45) is 0. The summed E-state index contributed by atoms with van der Waals surface area (Å²) in [4.78, 5) is 15.3. The number of hydrogen-bond acceptors (Lipinski definition) is 3. The maximum absolute atomic E-state index is 11.3. The van der Waals surface area contributed by atoms with Gasteiger partial charge < -0.3 is 21.1 Å². The number of nitrogens with two attached hydrogens (primary N) is 1. The van der Waals surface area contributed by atoms with Crippen molar-refractivity contribution in [2.45, 2.75) is 6.92 Å². The summed E-state index contributed by atoms with van der Waals surface area (Å²) >= 11 is 0. The molecule has 0 heterocycles. The van der Waals surface area contributed by atoms with Gasteiger partial charge in [-0.2, -0.15) is 0 Å². The van der Waals surface area contributed by atoms with E-state index in [2.05, 4.69) is 15.6 Å². The molecular weight excluding hydrogens is 292 g/mol. The Balaban J connectivity index is 1.97. The van der Waals surface area contributed by atoms with E-state index in [4.69, 9.17) is 10.5 Å². The molecule has 0 atom stereocenters. The van der Waals surface area contributed by atoms with Crippen molar-refractivity contribution in [1.29, 1.82) is 0 Å². The number of benzene rings is 2. The van der Waals surface area contributed by atoms with Crippen molar-refractivity contribution in [1.82, 2.24) is 5.32 Å². The van der Waals surface area contributed by atoms with Crippen molar-refractivity contribution in [3.63, 3.8) is 0 Å². The highest BCUT2D eigenvalue weighted by Gasteiger charge is 2.01. The van der Waals surface area contributed by atoms with E-state index in [0.717, 1.165) is 11.4 Å². The Morgan fingerprint density at radius 2 is 1.87 bits per heavy atom. The second kappa shape index (κ2) is 8.43. The van der Waals surface area contributed by atoms with Crippen LogP contribution in [0.4, 0.5) is 5.69 Å². The normalized spacial score (nSPS) is 10.9. The monoisotopic (exact) mass is 312 g/mol. The van der Waals surface area contributed by atoms with Crippen LogP contribution in [0.1, 0.15) is 6.92 Å². The predicted octanol–water partition coefficient (Wildman–Crippen LogP) is 2.34. The van der Waals surface area contributed by atoms with Crippen molar-refractivity contribution < 1.29 is 9.53 Å². The number of carbonyl (C=O) groups excluding carboxylic acids is 1. The lowest BCUT2D eigenvalue weighted by Gasteiger charge is -2.09. The van der Waals surface area contributed by atoms with Gasteiger partial charge in [0.1, 0.15) is 18.0 Å². The van der Waals surface area contributed by atoms with E-state index in [1.54, 1.807) is 0 Å². The first-order valence-electron chi connectivity index (χ1n) is 7.34. The van der Waals surface area contributed by atoms with E-state index in [0.29, 0.717) is 12.3 Å². The van der Waals surface area contributed by atoms with E-state index < -0.39 is 0 Å². The Kier molecular flexibility index (Phi) is 5.99. The molecule has 0 saturated heterocycles. The van der Waals surface area contributed by atoms with Crippen LogP contribution in [0, 0.1) is 0 Å². The molecule has 0 unspecified atom stereocenters. The minimum absolute atomic E-state index is 0.00706. The highest BCUT2D eigenvalue weighted by atomic mass is 16.5. The van der Waals surface area contributed by atoms with Crippen LogP contribution in [-0.2, 0) is 4.79 Å². The average Bonchev–Trinajstić information content (AvgIpc) is 2.55. The van der Waals surface area contributed by atoms with Gasteiger partial charge in [-0.15, -0.1) is 0 Å². The molecule has 0 aliphatic heterocycles. The molecule has 1 amide bonds. The molecule has 0 spiro atoms. The Bertz CT molecular complexity index is 671. The summed E-state index contributed by atoms with van der Waals surface area (Å²) in [5.41, 5.74) is 6.50. The molecule has 6 nitrogen and oxygen atoms in total. The molecule has 23 heavy (non-hydrogen) atoms. The van der Waals surface area contributed by atoms with Crippen molar-refractivity contribution >= 4 is 17.6 Å². The van der Waals surface area contributed by atoms with Crippen LogP contribution in [0.2, 0.25) is 0 Å². The first kappa shape index (κ1) is 16.4. The fourth-order valence-electron chi connectivity index (χ4n) is 1.86. The molecule has 120 valence electrons. The standard InChI is InChI=1S/C17H20N4O2/c1-2-19-16(22)12-20-17(18)21-13-7-6-10-15(11-13)23-14-8-4-3-5-9-14/h3-11H,2,12H2,1H3,(H,19,22)(H3,18,20,21). The van der Waals surface area contributed by atoms with Gasteiger partial charge in [0.2, 0.25) is 5.91 Å². The molecule has 0 aliphatic carbocycles. The molecule has 0 fully saturated rings. The van der Waals surface area contributed by atoms with E-state index in [1.165, 1.54) is 0 Å². The first-order chi connectivity index (χ1) is 11.2. The lowest BCUT2D eigenvalue weighted by Crippen LogP contribution is -2.28. The van der Waals surface area contributed by atoms with Gasteiger partial charge in [-0.3, -0.25) is 4.79 Å². The van der Waals surface area contributed by atoms with Crippen LogP contribution in [0.25, 0.3) is 0 Å². The number of likely N-dealkylation sites (N-methyl/N-ethyl adjacent to an activating group) is 1. The van der Waals surface area contributed by atoms with Crippen LogP contribution in [-0.4, -0.2) is 25.0 Å². The number of para-hydroxylation sites is 1. The van der Waals surface area contributed by atoms with Gasteiger partial charge in [-0.1, -0.05) is 24.3 Å². The zero-order valence-corrected chi connectivity index (χ0v) is 13.0. The molecule has 0 aliphatic rings. The number of amides is 1. The minimum Gasteiger partial charge on any atom is -0.457 e. The van der Waals surface area contributed by atoms with Crippen LogP contribution < -0.4 is 21.1 Å². The fraction of sp³-hybridized carbons (Fsp3) is 0.176. The Hall–Kier alpha value is -3.02. The molecule has 0 bridgehead atoms. The van der Waals surface area contributed by atoms with Gasteiger partial charge in [-0.25, -0.2) is 4.99 Å². The molecule has 0 saturated carbocycles. The third kappa shape index (κ3) is 5.70. The molecule has 2 aromatic rings.